The summed E-state index contributed by atoms with van der Waals surface area (Å²) >= 11 is 0. The molecule has 5 aromatic rings. The van der Waals surface area contributed by atoms with Crippen LogP contribution in [0.5, 0.6) is 0 Å². The predicted molar refractivity (Wildman–Crippen MR) is 130 cm³/mol. The van der Waals surface area contributed by atoms with Gasteiger partial charge in [-0.15, -0.1) is 0 Å². The van der Waals surface area contributed by atoms with E-state index in [1.165, 1.54) is 0 Å². The van der Waals surface area contributed by atoms with Crippen LogP contribution in [0.25, 0.3) is 16.9 Å². The highest BCUT2D eigenvalue weighted by molar-refractivity contribution is 6.05. The summed E-state index contributed by atoms with van der Waals surface area (Å²) in [5, 5.41) is 26.0. The molecule has 3 aromatic heterocycles. The van der Waals surface area contributed by atoms with Crippen molar-refractivity contribution in [3.05, 3.63) is 84.1 Å². The number of carbonyl (C=O) groups is 1. The van der Waals surface area contributed by atoms with Gasteiger partial charge in [-0.25, -0.2) is 9.97 Å². The van der Waals surface area contributed by atoms with Gasteiger partial charge in [0.25, 0.3) is 5.91 Å². The first-order valence-corrected chi connectivity index (χ1v) is 11.0. The van der Waals surface area contributed by atoms with Crippen molar-refractivity contribution in [2.45, 2.75) is 19.4 Å². The minimum atomic E-state index is -0.510. The van der Waals surface area contributed by atoms with Crippen LogP contribution >= 0.6 is 0 Å². The van der Waals surface area contributed by atoms with Crippen LogP contribution in [0.1, 0.15) is 28.7 Å². The van der Waals surface area contributed by atoms with Crippen LogP contribution in [0, 0.1) is 0 Å². The number of hydrogen-bond donors (Lipinski definition) is 4. The third-order valence-corrected chi connectivity index (χ3v) is 5.29. The molecule has 0 spiro atoms. The number of anilines is 2. The number of aliphatic hydroxyl groups is 1. The molecule has 0 saturated heterocycles. The number of hydrogen-bond acceptors (Lipinski definition) is 8. The Labute approximate surface area is 200 Å². The summed E-state index contributed by atoms with van der Waals surface area (Å²) in [6.45, 7) is 2.04. The second-order valence-electron chi connectivity index (χ2n) is 8.04. The van der Waals surface area contributed by atoms with Gasteiger partial charge in [-0.1, -0.05) is 12.1 Å². The lowest BCUT2D eigenvalue weighted by molar-refractivity contribution is 0.102. The molecule has 0 bridgehead atoms. The smallest absolute Gasteiger partial charge is 0.255 e. The quantitative estimate of drug-likeness (QED) is 0.271. The van der Waals surface area contributed by atoms with E-state index in [0.717, 1.165) is 11.4 Å². The average molecular weight is 470 g/mol. The molecule has 2 aromatic carbocycles. The van der Waals surface area contributed by atoms with Crippen molar-refractivity contribution in [3.63, 3.8) is 0 Å². The third kappa shape index (κ3) is 5.14. The number of imidazole rings is 1. The first kappa shape index (κ1) is 22.2. The summed E-state index contributed by atoms with van der Waals surface area (Å²) in [5.41, 5.74) is 3.48. The molecule has 176 valence electrons. The lowest BCUT2D eigenvalue weighted by atomic mass is 10.1. The highest BCUT2D eigenvalue weighted by Gasteiger charge is 2.12. The highest BCUT2D eigenvalue weighted by Crippen LogP contribution is 2.18. The Morgan fingerprint density at radius 1 is 1.09 bits per heavy atom. The van der Waals surface area contributed by atoms with Crippen molar-refractivity contribution in [2.75, 3.05) is 17.2 Å². The molecule has 0 aliphatic carbocycles. The van der Waals surface area contributed by atoms with Gasteiger partial charge >= 0.3 is 0 Å². The van der Waals surface area contributed by atoms with Crippen LogP contribution in [0.15, 0.2) is 67.1 Å². The predicted octanol–water partition coefficient (Wildman–Crippen LogP) is 2.57. The summed E-state index contributed by atoms with van der Waals surface area (Å²) in [6, 6.07) is 14.6. The lowest BCUT2D eigenvalue weighted by Crippen LogP contribution is -2.17. The van der Waals surface area contributed by atoms with Crippen LogP contribution in [0.4, 0.5) is 11.6 Å². The summed E-state index contributed by atoms with van der Waals surface area (Å²) in [7, 11) is 0. The van der Waals surface area contributed by atoms with Gasteiger partial charge < -0.3 is 15.7 Å². The van der Waals surface area contributed by atoms with Crippen molar-refractivity contribution >= 4 is 28.6 Å². The topological polar surface area (TPSA) is 147 Å². The second kappa shape index (κ2) is 9.69. The molecule has 11 heteroatoms. The number of rotatable bonds is 8. The Hall–Kier alpha value is -4.64. The molecule has 0 aliphatic heterocycles. The molecule has 1 amide bonds. The van der Waals surface area contributed by atoms with Crippen LogP contribution in [0.2, 0.25) is 0 Å². The molecular formula is C24H23N9O2. The van der Waals surface area contributed by atoms with Crippen molar-refractivity contribution in [1.82, 2.24) is 34.9 Å². The van der Waals surface area contributed by atoms with Crippen molar-refractivity contribution < 1.29 is 9.90 Å². The Bertz CT molecular complexity index is 1470. The fourth-order valence-electron chi connectivity index (χ4n) is 3.61. The average Bonchev–Trinajstić information content (AvgIpc) is 3.52. The zero-order chi connectivity index (χ0) is 24.2. The van der Waals surface area contributed by atoms with E-state index < -0.39 is 6.10 Å². The lowest BCUT2D eigenvalue weighted by Gasteiger charge is -2.11. The van der Waals surface area contributed by atoms with E-state index in [0.29, 0.717) is 47.0 Å². The van der Waals surface area contributed by atoms with E-state index in [4.69, 9.17) is 0 Å². The fraction of sp³-hybridized carbons (Fsp3) is 0.167. The van der Waals surface area contributed by atoms with E-state index >= 15 is 0 Å². The maximum atomic E-state index is 12.8. The minimum Gasteiger partial charge on any atom is -0.392 e. The van der Waals surface area contributed by atoms with Crippen LogP contribution < -0.4 is 10.6 Å². The summed E-state index contributed by atoms with van der Waals surface area (Å²) in [5.74, 6) is 1.64. The molecule has 35 heavy (non-hydrogen) atoms. The van der Waals surface area contributed by atoms with Gasteiger partial charge in [0.1, 0.15) is 22.7 Å². The largest absolute Gasteiger partial charge is 0.392 e. The number of aromatic nitrogens is 7. The number of fused-ring (bicyclic) bond motifs is 1. The van der Waals surface area contributed by atoms with Crippen LogP contribution in [-0.2, 0) is 6.42 Å². The maximum Gasteiger partial charge on any atom is 0.255 e. The van der Waals surface area contributed by atoms with Gasteiger partial charge in [-0.05, 0) is 48.9 Å². The summed E-state index contributed by atoms with van der Waals surface area (Å²) in [6.07, 6.45) is 5.22. The number of aromatic amines is 1. The van der Waals surface area contributed by atoms with Crippen LogP contribution in [-0.4, -0.2) is 58.6 Å². The Kier molecular flexibility index (Phi) is 6.14. The van der Waals surface area contributed by atoms with Crippen molar-refractivity contribution in [1.29, 1.82) is 0 Å². The molecule has 0 aliphatic rings. The number of benzene rings is 2. The molecular weight excluding hydrogens is 446 g/mol. The Balaban J connectivity index is 1.31. The van der Waals surface area contributed by atoms with Gasteiger partial charge in [0.05, 0.1) is 6.10 Å². The summed E-state index contributed by atoms with van der Waals surface area (Å²) < 4.78 is 1.88. The van der Waals surface area contributed by atoms with Gasteiger partial charge in [0.15, 0.2) is 0 Å². The number of H-pyrrole nitrogens is 1. The van der Waals surface area contributed by atoms with Gasteiger partial charge in [0, 0.05) is 42.8 Å². The zero-order valence-electron chi connectivity index (χ0n) is 18.9. The van der Waals surface area contributed by atoms with E-state index in [1.807, 2.05) is 35.0 Å². The van der Waals surface area contributed by atoms with Gasteiger partial charge in [0.2, 0.25) is 5.95 Å². The number of aliphatic hydroxyl groups excluding tert-OH is 1. The standard InChI is InChI=1S/C24H23N9O2/c1-15(34)14-27-24-26-8-7-21(29-24)33-10-9-25-22(33)12-16-3-2-4-18(11-16)28-23(35)17-5-6-19-20(13-17)31-32-30-19/h2-11,13,15,34H,12,14H2,1H3,(H,28,35)(H,26,27,29)(H,30,31,32)/t15-/m0/s1. The van der Waals surface area contributed by atoms with Gasteiger partial charge in [-0.3, -0.25) is 9.36 Å². The van der Waals surface area contributed by atoms with Crippen molar-refractivity contribution in [2.24, 2.45) is 0 Å². The van der Waals surface area contributed by atoms with E-state index in [9.17, 15) is 9.90 Å². The van der Waals surface area contributed by atoms with Crippen molar-refractivity contribution in [3.8, 4) is 5.82 Å². The van der Waals surface area contributed by atoms with E-state index in [1.54, 1.807) is 43.6 Å². The Morgan fingerprint density at radius 2 is 1.97 bits per heavy atom. The number of amides is 1. The van der Waals surface area contributed by atoms with E-state index in [-0.39, 0.29) is 5.91 Å². The number of carbonyl (C=O) groups excluding carboxylic acids is 1. The third-order valence-electron chi connectivity index (χ3n) is 5.29. The zero-order valence-corrected chi connectivity index (χ0v) is 18.9. The molecule has 11 nitrogen and oxygen atoms in total. The second-order valence-corrected chi connectivity index (χ2v) is 8.04. The number of nitrogens with one attached hydrogen (secondary N) is 3. The Morgan fingerprint density at radius 3 is 2.86 bits per heavy atom. The highest BCUT2D eigenvalue weighted by atomic mass is 16.3. The molecule has 5 rings (SSSR count). The summed E-state index contributed by atoms with van der Waals surface area (Å²) in [4.78, 5) is 26.0. The molecule has 1 atom stereocenters. The molecule has 4 N–H and O–H groups in total. The van der Waals surface area contributed by atoms with Gasteiger partial charge in [-0.2, -0.15) is 20.4 Å². The first-order chi connectivity index (χ1) is 17.0. The molecule has 0 saturated carbocycles. The monoisotopic (exact) mass is 469 g/mol. The SMILES string of the molecule is C[C@H](O)CNc1nccc(-n2ccnc2Cc2cccc(NC(=O)c3ccc4n[nH]nc4c3)c2)n1. The van der Waals surface area contributed by atoms with Crippen LogP contribution in [0.3, 0.4) is 0 Å². The van der Waals surface area contributed by atoms with E-state index in [2.05, 4.69) is 41.0 Å². The minimum absolute atomic E-state index is 0.230. The molecule has 0 unspecified atom stereocenters. The molecule has 0 radical (unpaired) electrons. The molecule has 0 fully saturated rings. The maximum absolute atomic E-state index is 12.8. The fourth-order valence-corrected chi connectivity index (χ4v) is 3.61. The molecule has 3 heterocycles. The first-order valence-electron chi connectivity index (χ1n) is 11.0. The normalized spacial score (nSPS) is 11.9. The number of nitrogens with zero attached hydrogens (tertiary/aromatic N) is 6.